The Hall–Kier alpha value is -1.79. The normalized spacial score (nSPS) is 12.8. The zero-order chi connectivity index (χ0) is 20.4. The number of rotatable bonds is 5. The van der Waals surface area contributed by atoms with Crippen LogP contribution in [0, 0.1) is 0 Å². The van der Waals surface area contributed by atoms with Crippen molar-refractivity contribution in [2.45, 2.75) is 39.8 Å². The molecule has 8 heteroatoms. The Labute approximate surface area is 186 Å². The number of nitrogens with one attached hydrogen (secondary N) is 2. The summed E-state index contributed by atoms with van der Waals surface area (Å²) in [4.78, 5) is 24.8. The molecule has 0 radical (unpaired) electrons. The maximum Gasteiger partial charge on any atom is 0.255 e. The second-order valence-electron chi connectivity index (χ2n) is 6.99. The van der Waals surface area contributed by atoms with Gasteiger partial charge in [0.05, 0.1) is 22.4 Å². The summed E-state index contributed by atoms with van der Waals surface area (Å²) < 4.78 is 5.66. The molecule has 1 aliphatic heterocycles. The monoisotopic (exact) mass is 456 g/mol. The predicted molar refractivity (Wildman–Crippen MR) is 119 cm³/mol. The van der Waals surface area contributed by atoms with E-state index in [1.165, 1.54) is 13.0 Å². The first-order valence-electron chi connectivity index (χ1n) is 9.11. The minimum atomic E-state index is -0.375. The number of benzene rings is 2. The van der Waals surface area contributed by atoms with E-state index in [0.717, 1.165) is 24.1 Å². The summed E-state index contributed by atoms with van der Waals surface area (Å²) in [6.07, 6.45) is 0.712. The maximum absolute atomic E-state index is 12.8. The van der Waals surface area contributed by atoms with Gasteiger partial charge in [-0.1, -0.05) is 23.2 Å². The van der Waals surface area contributed by atoms with E-state index in [1.54, 1.807) is 18.2 Å². The largest absolute Gasteiger partial charge is 0.490 e. The Bertz CT molecular complexity index is 945. The second-order valence-corrected chi connectivity index (χ2v) is 7.78. The van der Waals surface area contributed by atoms with Gasteiger partial charge in [0.2, 0.25) is 0 Å². The van der Waals surface area contributed by atoms with Gasteiger partial charge < -0.3 is 15.4 Å². The van der Waals surface area contributed by atoms with Crippen molar-refractivity contribution in [1.29, 1.82) is 0 Å². The van der Waals surface area contributed by atoms with Gasteiger partial charge in [-0.05, 0) is 69.1 Å². The summed E-state index contributed by atoms with van der Waals surface area (Å²) in [7, 11) is 0. The summed E-state index contributed by atoms with van der Waals surface area (Å²) in [6, 6.07) is 6.46. The molecule has 0 bridgehead atoms. The number of fused-ring (bicyclic) bond motifs is 1. The highest BCUT2D eigenvalue weighted by Crippen LogP contribution is 2.36. The van der Waals surface area contributed by atoms with Crippen molar-refractivity contribution in [3.05, 3.63) is 56.6 Å². The lowest BCUT2D eigenvalue weighted by Gasteiger charge is -2.22. The van der Waals surface area contributed by atoms with Gasteiger partial charge in [0, 0.05) is 17.1 Å². The fourth-order valence-electron chi connectivity index (χ4n) is 3.19. The molecule has 0 aromatic heterocycles. The SMILES string of the molecule is CC(=O)c1cc(C(=O)Nc2cc(Cl)c3c(c2Cl)CNCC3)ccc1OC(C)C.Cl. The third-order valence-electron chi connectivity index (χ3n) is 4.51. The summed E-state index contributed by atoms with van der Waals surface area (Å²) >= 11 is 12.9. The lowest BCUT2D eigenvalue weighted by Crippen LogP contribution is -2.25. The van der Waals surface area contributed by atoms with Crippen LogP contribution in [0.5, 0.6) is 5.75 Å². The highest BCUT2D eigenvalue weighted by atomic mass is 35.5. The van der Waals surface area contributed by atoms with Gasteiger partial charge in [-0.25, -0.2) is 0 Å². The molecule has 3 rings (SSSR count). The smallest absolute Gasteiger partial charge is 0.255 e. The van der Waals surface area contributed by atoms with E-state index in [4.69, 9.17) is 27.9 Å². The van der Waals surface area contributed by atoms with Gasteiger partial charge in [0.15, 0.2) is 5.78 Å². The quantitative estimate of drug-likeness (QED) is 0.598. The molecule has 2 aromatic carbocycles. The molecule has 0 spiro atoms. The van der Waals surface area contributed by atoms with Crippen molar-refractivity contribution < 1.29 is 14.3 Å². The molecule has 0 aliphatic carbocycles. The number of Topliss-reactive ketones (excluding diaryl/α,β-unsaturated/α-hetero) is 1. The van der Waals surface area contributed by atoms with Crippen molar-refractivity contribution in [3.8, 4) is 5.75 Å². The number of hydrogen-bond acceptors (Lipinski definition) is 4. The van der Waals surface area contributed by atoms with Crippen LogP contribution >= 0.6 is 35.6 Å². The van der Waals surface area contributed by atoms with Crippen LogP contribution < -0.4 is 15.4 Å². The molecular weight excluding hydrogens is 435 g/mol. The van der Waals surface area contributed by atoms with Crippen LogP contribution in [0.2, 0.25) is 10.0 Å². The number of ketones is 1. The van der Waals surface area contributed by atoms with E-state index in [0.29, 0.717) is 39.2 Å². The van der Waals surface area contributed by atoms with Gasteiger partial charge in [-0.3, -0.25) is 9.59 Å². The highest BCUT2D eigenvalue weighted by Gasteiger charge is 2.21. The molecule has 1 heterocycles. The van der Waals surface area contributed by atoms with Crippen LogP contribution in [0.25, 0.3) is 0 Å². The van der Waals surface area contributed by atoms with Gasteiger partial charge >= 0.3 is 0 Å². The van der Waals surface area contributed by atoms with E-state index < -0.39 is 0 Å². The number of halogens is 3. The fraction of sp³-hybridized carbons (Fsp3) is 0.333. The Morgan fingerprint density at radius 2 is 1.90 bits per heavy atom. The average Bonchev–Trinajstić information content (AvgIpc) is 2.65. The molecule has 29 heavy (non-hydrogen) atoms. The predicted octanol–water partition coefficient (Wildman–Crippen LogP) is 5.30. The maximum atomic E-state index is 12.8. The van der Waals surface area contributed by atoms with E-state index in [1.807, 2.05) is 13.8 Å². The molecule has 156 valence electrons. The molecule has 1 amide bonds. The highest BCUT2D eigenvalue weighted by molar-refractivity contribution is 6.37. The van der Waals surface area contributed by atoms with Crippen molar-refractivity contribution in [2.24, 2.45) is 0 Å². The van der Waals surface area contributed by atoms with Crippen LogP contribution in [-0.4, -0.2) is 24.3 Å². The molecule has 0 saturated heterocycles. The van der Waals surface area contributed by atoms with E-state index in [9.17, 15) is 9.59 Å². The third kappa shape index (κ3) is 5.23. The first kappa shape index (κ1) is 23.5. The van der Waals surface area contributed by atoms with Crippen LogP contribution in [0.15, 0.2) is 24.3 Å². The first-order chi connectivity index (χ1) is 13.3. The zero-order valence-electron chi connectivity index (χ0n) is 16.4. The molecular formula is C21H23Cl3N2O3. The van der Waals surface area contributed by atoms with E-state index in [-0.39, 0.29) is 30.2 Å². The second kappa shape index (κ2) is 9.81. The summed E-state index contributed by atoms with van der Waals surface area (Å²) in [5.41, 5.74) is 3.06. The van der Waals surface area contributed by atoms with Crippen molar-refractivity contribution in [1.82, 2.24) is 5.32 Å². The minimum absolute atomic E-state index is 0. The number of amides is 1. The number of carbonyl (C=O) groups is 2. The number of carbonyl (C=O) groups excluding carboxylic acids is 2. The van der Waals surface area contributed by atoms with E-state index in [2.05, 4.69) is 10.6 Å². The summed E-state index contributed by atoms with van der Waals surface area (Å²) in [5, 5.41) is 7.13. The molecule has 1 aliphatic rings. The summed E-state index contributed by atoms with van der Waals surface area (Å²) in [6.45, 7) is 6.64. The molecule has 0 unspecified atom stereocenters. The molecule has 2 N–H and O–H groups in total. The van der Waals surface area contributed by atoms with Crippen LogP contribution in [-0.2, 0) is 13.0 Å². The lowest BCUT2D eigenvalue weighted by atomic mass is 10.00. The van der Waals surface area contributed by atoms with Crippen LogP contribution in [0.3, 0.4) is 0 Å². The topological polar surface area (TPSA) is 67.4 Å². The molecule has 5 nitrogen and oxygen atoms in total. The molecule has 2 aromatic rings. The van der Waals surface area contributed by atoms with Crippen LogP contribution in [0.4, 0.5) is 5.69 Å². The number of hydrogen-bond donors (Lipinski definition) is 2. The lowest BCUT2D eigenvalue weighted by molar-refractivity contribution is 0.101. The minimum Gasteiger partial charge on any atom is -0.490 e. The van der Waals surface area contributed by atoms with Crippen molar-refractivity contribution >= 4 is 53.0 Å². The standard InChI is InChI=1S/C21H22Cl2N2O3.ClH/c1-11(2)28-19-5-4-13(8-15(19)12(3)26)21(27)25-18-9-17(22)14-6-7-24-10-16(14)20(18)23;/h4-5,8-9,11,24H,6-7,10H2,1-3H3,(H,25,27);1H. The molecule has 0 atom stereocenters. The Balaban J connectivity index is 0.00000300. The Morgan fingerprint density at radius 3 is 2.55 bits per heavy atom. The Kier molecular flexibility index (Phi) is 7.94. The van der Waals surface area contributed by atoms with Gasteiger partial charge in [-0.2, -0.15) is 0 Å². The third-order valence-corrected chi connectivity index (χ3v) is 5.28. The van der Waals surface area contributed by atoms with Gasteiger partial charge in [0.1, 0.15) is 5.75 Å². The van der Waals surface area contributed by atoms with Gasteiger partial charge in [0.25, 0.3) is 5.91 Å². The zero-order valence-corrected chi connectivity index (χ0v) is 18.7. The number of anilines is 1. The summed E-state index contributed by atoms with van der Waals surface area (Å²) in [5.74, 6) is -0.0912. The molecule has 0 fully saturated rings. The van der Waals surface area contributed by atoms with Gasteiger partial charge in [-0.15, -0.1) is 12.4 Å². The molecule has 0 saturated carbocycles. The van der Waals surface area contributed by atoms with E-state index >= 15 is 0 Å². The van der Waals surface area contributed by atoms with Crippen molar-refractivity contribution in [3.63, 3.8) is 0 Å². The number of ether oxygens (including phenoxy) is 1. The first-order valence-corrected chi connectivity index (χ1v) is 9.87. The Morgan fingerprint density at radius 1 is 1.17 bits per heavy atom. The average molecular weight is 458 g/mol. The fourth-order valence-corrected chi connectivity index (χ4v) is 3.79. The van der Waals surface area contributed by atoms with Crippen LogP contribution in [0.1, 0.15) is 52.6 Å². The van der Waals surface area contributed by atoms with Crippen molar-refractivity contribution in [2.75, 3.05) is 11.9 Å².